The molecule has 1 saturated carbocycles. The van der Waals surface area contributed by atoms with Crippen LogP contribution in [-0.4, -0.2) is 15.8 Å². The highest BCUT2D eigenvalue weighted by molar-refractivity contribution is 5.00. The largest absolute Gasteiger partial charge is 0.308 e. The Bertz CT molecular complexity index is 300. The minimum Gasteiger partial charge on any atom is -0.308 e. The van der Waals surface area contributed by atoms with Gasteiger partial charge in [0.25, 0.3) is 0 Å². The first-order chi connectivity index (χ1) is 7.90. The van der Waals surface area contributed by atoms with Gasteiger partial charge in [0.2, 0.25) is 0 Å². The van der Waals surface area contributed by atoms with Gasteiger partial charge >= 0.3 is 0 Å². The summed E-state index contributed by atoms with van der Waals surface area (Å²) >= 11 is 0. The van der Waals surface area contributed by atoms with Crippen molar-refractivity contribution in [3.05, 3.63) is 18.0 Å². The van der Waals surface area contributed by atoms with Crippen molar-refractivity contribution in [2.45, 2.75) is 64.6 Å². The molecule has 1 heterocycles. The van der Waals surface area contributed by atoms with Crippen LogP contribution in [0.3, 0.4) is 0 Å². The average Bonchev–Trinajstić information content (AvgIpc) is 2.76. The Morgan fingerprint density at radius 1 is 1.38 bits per heavy atom. The van der Waals surface area contributed by atoms with Crippen molar-refractivity contribution in [2.75, 3.05) is 0 Å². The molecule has 1 N–H and O–H groups in total. The summed E-state index contributed by atoms with van der Waals surface area (Å²) in [7, 11) is 0. The zero-order chi connectivity index (χ0) is 11.2. The monoisotopic (exact) mass is 221 g/mol. The Morgan fingerprint density at radius 2 is 2.19 bits per heavy atom. The molecule has 2 rings (SSSR count). The van der Waals surface area contributed by atoms with E-state index in [0.29, 0.717) is 0 Å². The van der Waals surface area contributed by atoms with Gasteiger partial charge in [-0.05, 0) is 25.3 Å². The van der Waals surface area contributed by atoms with Gasteiger partial charge in [-0.2, -0.15) is 5.10 Å². The maximum Gasteiger partial charge on any atom is 0.0522 e. The first-order valence-corrected chi connectivity index (χ1v) is 6.64. The van der Waals surface area contributed by atoms with Crippen molar-refractivity contribution < 1.29 is 0 Å². The second kappa shape index (κ2) is 6.04. The topological polar surface area (TPSA) is 29.9 Å². The van der Waals surface area contributed by atoms with Crippen LogP contribution in [0, 0.1) is 0 Å². The summed E-state index contributed by atoms with van der Waals surface area (Å²) in [5.74, 6) is 0. The first kappa shape index (κ1) is 11.6. The van der Waals surface area contributed by atoms with E-state index in [-0.39, 0.29) is 0 Å². The summed E-state index contributed by atoms with van der Waals surface area (Å²) in [5.41, 5.74) is 1.33. The molecule has 90 valence electrons. The number of aryl methyl sites for hydroxylation is 1. The van der Waals surface area contributed by atoms with Crippen LogP contribution in [0.5, 0.6) is 0 Å². The molecular formula is C13H23N3. The fourth-order valence-corrected chi connectivity index (χ4v) is 2.48. The van der Waals surface area contributed by atoms with E-state index < -0.39 is 0 Å². The van der Waals surface area contributed by atoms with Crippen LogP contribution in [0.1, 0.15) is 51.1 Å². The number of aromatic nitrogens is 2. The SMILES string of the molecule is CCCn1nccc1CNC1CCCCC1. The van der Waals surface area contributed by atoms with Crippen molar-refractivity contribution >= 4 is 0 Å². The molecule has 0 aliphatic heterocycles. The summed E-state index contributed by atoms with van der Waals surface area (Å²) in [6.45, 7) is 4.21. The Labute approximate surface area is 98.2 Å². The minimum atomic E-state index is 0.735. The van der Waals surface area contributed by atoms with Crippen LogP contribution < -0.4 is 5.32 Å². The molecule has 1 fully saturated rings. The van der Waals surface area contributed by atoms with Gasteiger partial charge in [0, 0.05) is 25.3 Å². The maximum absolute atomic E-state index is 4.35. The second-order valence-electron chi connectivity index (χ2n) is 4.76. The molecule has 1 aliphatic carbocycles. The third-order valence-electron chi connectivity index (χ3n) is 3.42. The van der Waals surface area contributed by atoms with Crippen LogP contribution in [0.25, 0.3) is 0 Å². The quantitative estimate of drug-likeness (QED) is 0.828. The number of rotatable bonds is 5. The third-order valence-corrected chi connectivity index (χ3v) is 3.42. The third kappa shape index (κ3) is 3.08. The molecule has 0 radical (unpaired) electrons. The summed E-state index contributed by atoms with van der Waals surface area (Å²) in [4.78, 5) is 0. The lowest BCUT2D eigenvalue weighted by Gasteiger charge is -2.22. The molecule has 0 amide bonds. The summed E-state index contributed by atoms with van der Waals surface area (Å²) in [6.07, 6.45) is 9.97. The maximum atomic E-state index is 4.35. The predicted molar refractivity (Wildman–Crippen MR) is 66.2 cm³/mol. The fraction of sp³-hybridized carbons (Fsp3) is 0.769. The lowest BCUT2D eigenvalue weighted by Crippen LogP contribution is -2.31. The molecule has 3 heteroatoms. The Balaban J connectivity index is 1.81. The van der Waals surface area contributed by atoms with Crippen LogP contribution in [0.2, 0.25) is 0 Å². The van der Waals surface area contributed by atoms with E-state index in [1.807, 2.05) is 6.20 Å². The van der Waals surface area contributed by atoms with Crippen LogP contribution in [0.15, 0.2) is 12.3 Å². The molecule has 1 aromatic heterocycles. The van der Waals surface area contributed by atoms with Gasteiger partial charge in [-0.3, -0.25) is 4.68 Å². The van der Waals surface area contributed by atoms with Crippen molar-refractivity contribution in [1.29, 1.82) is 0 Å². The van der Waals surface area contributed by atoms with Gasteiger partial charge < -0.3 is 5.32 Å². The van der Waals surface area contributed by atoms with E-state index in [1.165, 1.54) is 37.8 Å². The highest BCUT2D eigenvalue weighted by Crippen LogP contribution is 2.17. The fourth-order valence-electron chi connectivity index (χ4n) is 2.48. The second-order valence-corrected chi connectivity index (χ2v) is 4.76. The summed E-state index contributed by atoms with van der Waals surface area (Å²) in [5, 5.41) is 8.01. The lowest BCUT2D eigenvalue weighted by atomic mass is 9.95. The molecular weight excluding hydrogens is 198 g/mol. The zero-order valence-electron chi connectivity index (χ0n) is 10.3. The average molecular weight is 221 g/mol. The number of hydrogen-bond acceptors (Lipinski definition) is 2. The Morgan fingerprint density at radius 3 is 2.94 bits per heavy atom. The lowest BCUT2D eigenvalue weighted by molar-refractivity contribution is 0.367. The zero-order valence-corrected chi connectivity index (χ0v) is 10.3. The van der Waals surface area contributed by atoms with E-state index in [4.69, 9.17) is 0 Å². The van der Waals surface area contributed by atoms with Gasteiger partial charge in [0.05, 0.1) is 5.69 Å². The van der Waals surface area contributed by atoms with Crippen molar-refractivity contribution in [3.63, 3.8) is 0 Å². The number of nitrogens with one attached hydrogen (secondary N) is 1. The summed E-state index contributed by atoms with van der Waals surface area (Å²) < 4.78 is 2.12. The Hall–Kier alpha value is -0.830. The molecule has 0 spiro atoms. The van der Waals surface area contributed by atoms with E-state index in [9.17, 15) is 0 Å². The van der Waals surface area contributed by atoms with Crippen LogP contribution in [-0.2, 0) is 13.1 Å². The van der Waals surface area contributed by atoms with Crippen molar-refractivity contribution in [3.8, 4) is 0 Å². The van der Waals surface area contributed by atoms with Gasteiger partial charge in [0.15, 0.2) is 0 Å². The molecule has 0 aromatic carbocycles. The molecule has 0 saturated heterocycles. The standard InChI is InChI=1S/C13H23N3/c1-2-10-16-13(8-9-15-16)11-14-12-6-4-3-5-7-12/h8-9,12,14H,2-7,10-11H2,1H3. The smallest absolute Gasteiger partial charge is 0.0522 e. The van der Waals surface area contributed by atoms with Crippen molar-refractivity contribution in [1.82, 2.24) is 15.1 Å². The van der Waals surface area contributed by atoms with E-state index in [1.54, 1.807) is 0 Å². The summed E-state index contributed by atoms with van der Waals surface area (Å²) in [6, 6.07) is 2.87. The van der Waals surface area contributed by atoms with E-state index in [2.05, 4.69) is 28.1 Å². The minimum absolute atomic E-state index is 0.735. The van der Waals surface area contributed by atoms with Gasteiger partial charge in [-0.15, -0.1) is 0 Å². The number of nitrogens with zero attached hydrogens (tertiary/aromatic N) is 2. The van der Waals surface area contributed by atoms with Gasteiger partial charge in [-0.1, -0.05) is 26.2 Å². The molecule has 1 aromatic rings. The van der Waals surface area contributed by atoms with E-state index in [0.717, 1.165) is 25.6 Å². The molecule has 16 heavy (non-hydrogen) atoms. The highest BCUT2D eigenvalue weighted by atomic mass is 15.3. The molecule has 0 unspecified atom stereocenters. The molecule has 0 atom stereocenters. The number of hydrogen-bond donors (Lipinski definition) is 1. The molecule has 3 nitrogen and oxygen atoms in total. The Kier molecular flexibility index (Phi) is 4.40. The molecule has 1 aliphatic rings. The van der Waals surface area contributed by atoms with Crippen LogP contribution in [0.4, 0.5) is 0 Å². The normalized spacial score (nSPS) is 17.8. The highest BCUT2D eigenvalue weighted by Gasteiger charge is 2.13. The van der Waals surface area contributed by atoms with E-state index >= 15 is 0 Å². The van der Waals surface area contributed by atoms with Gasteiger partial charge in [-0.25, -0.2) is 0 Å². The van der Waals surface area contributed by atoms with Crippen molar-refractivity contribution in [2.24, 2.45) is 0 Å². The first-order valence-electron chi connectivity index (χ1n) is 6.64. The van der Waals surface area contributed by atoms with Gasteiger partial charge in [0.1, 0.15) is 0 Å². The predicted octanol–water partition coefficient (Wildman–Crippen LogP) is 2.72. The molecule has 0 bridgehead atoms. The van der Waals surface area contributed by atoms with Crippen LogP contribution >= 0.6 is 0 Å².